The Labute approximate surface area is 143 Å². The number of aryl methyl sites for hydroxylation is 1. The van der Waals surface area contributed by atoms with Gasteiger partial charge in [-0.15, -0.1) is 0 Å². The third-order valence-corrected chi connectivity index (χ3v) is 5.13. The number of rotatable bonds is 3. The van der Waals surface area contributed by atoms with E-state index in [2.05, 4.69) is 40.0 Å². The van der Waals surface area contributed by atoms with Gasteiger partial charge in [-0.05, 0) is 58.7 Å². The summed E-state index contributed by atoms with van der Waals surface area (Å²) in [6, 6.07) is 15.7. The lowest BCUT2D eigenvalue weighted by Gasteiger charge is -2.33. The molecule has 1 atom stereocenters. The number of hydrogen-bond acceptors (Lipinski definition) is 2. The van der Waals surface area contributed by atoms with Gasteiger partial charge in [0.1, 0.15) is 0 Å². The van der Waals surface area contributed by atoms with Crippen LogP contribution in [0.3, 0.4) is 0 Å². The van der Waals surface area contributed by atoms with Crippen LogP contribution in [-0.4, -0.2) is 23.2 Å². The topological polar surface area (TPSA) is 49.3 Å². The van der Waals surface area contributed by atoms with Gasteiger partial charge in [-0.25, -0.2) is 0 Å². The van der Waals surface area contributed by atoms with E-state index in [0.29, 0.717) is 18.4 Å². The highest BCUT2D eigenvalue weighted by Crippen LogP contribution is 2.28. The van der Waals surface area contributed by atoms with Crippen molar-refractivity contribution in [2.24, 2.45) is 0 Å². The van der Waals surface area contributed by atoms with Crippen molar-refractivity contribution in [3.05, 3.63) is 68.8 Å². The molecule has 1 aliphatic carbocycles. The van der Waals surface area contributed by atoms with Gasteiger partial charge in [0.05, 0.1) is 11.2 Å². The summed E-state index contributed by atoms with van der Waals surface area (Å²) in [4.78, 5) is 12.3. The third kappa shape index (κ3) is 3.33. The third-order valence-electron chi connectivity index (χ3n) is 4.19. The first-order valence-corrected chi connectivity index (χ1v) is 8.47. The molecule has 0 fully saturated rings. The molecule has 0 bridgehead atoms. The van der Waals surface area contributed by atoms with E-state index < -0.39 is 5.60 Å². The van der Waals surface area contributed by atoms with Crippen LogP contribution < -0.4 is 5.32 Å². The fraction of sp³-hybridized carbons (Fsp3) is 0.278. The Bertz CT molecular complexity index is 701. The molecule has 2 aromatic carbocycles. The highest BCUT2D eigenvalue weighted by molar-refractivity contribution is 14.1. The summed E-state index contributed by atoms with van der Waals surface area (Å²) in [6.07, 6.45) is 2.12. The Balaban J connectivity index is 1.67. The Morgan fingerprint density at radius 1 is 1.14 bits per heavy atom. The Kier molecular flexibility index (Phi) is 4.49. The molecule has 2 N–H and O–H groups in total. The van der Waals surface area contributed by atoms with Gasteiger partial charge in [0.2, 0.25) is 0 Å². The maximum absolute atomic E-state index is 12.3. The van der Waals surface area contributed by atoms with Gasteiger partial charge in [0, 0.05) is 16.5 Å². The van der Waals surface area contributed by atoms with Crippen LogP contribution in [0.5, 0.6) is 0 Å². The molecule has 1 aliphatic rings. The molecule has 1 amide bonds. The van der Waals surface area contributed by atoms with E-state index in [0.717, 1.165) is 9.99 Å². The quantitative estimate of drug-likeness (QED) is 0.769. The minimum absolute atomic E-state index is 0.128. The summed E-state index contributed by atoms with van der Waals surface area (Å²) in [7, 11) is 0. The molecule has 1 unspecified atom stereocenters. The van der Waals surface area contributed by atoms with Crippen LogP contribution in [0.4, 0.5) is 0 Å². The van der Waals surface area contributed by atoms with E-state index in [1.807, 2.05) is 30.3 Å². The van der Waals surface area contributed by atoms with Gasteiger partial charge in [-0.2, -0.15) is 0 Å². The van der Waals surface area contributed by atoms with Gasteiger partial charge >= 0.3 is 0 Å². The molecule has 0 heterocycles. The molecule has 0 saturated heterocycles. The number of carbonyl (C=O) groups excluding carboxylic acids is 1. The second-order valence-corrected chi connectivity index (χ2v) is 6.99. The smallest absolute Gasteiger partial charge is 0.252 e. The van der Waals surface area contributed by atoms with Crippen LogP contribution in [0.1, 0.15) is 27.9 Å². The summed E-state index contributed by atoms with van der Waals surface area (Å²) in [6.45, 7) is 0.283. The minimum atomic E-state index is -0.857. The first kappa shape index (κ1) is 15.5. The molecular formula is C18H18INO2. The van der Waals surface area contributed by atoms with Gasteiger partial charge in [0.15, 0.2) is 0 Å². The lowest BCUT2D eigenvalue weighted by atomic mass is 9.80. The number of benzene rings is 2. The van der Waals surface area contributed by atoms with Crippen molar-refractivity contribution in [3.8, 4) is 0 Å². The van der Waals surface area contributed by atoms with E-state index in [-0.39, 0.29) is 12.5 Å². The maximum atomic E-state index is 12.3. The first-order valence-electron chi connectivity index (χ1n) is 7.39. The lowest BCUT2D eigenvalue weighted by molar-refractivity contribution is 0.0260. The number of carbonyl (C=O) groups is 1. The molecule has 0 aliphatic heterocycles. The van der Waals surface area contributed by atoms with Crippen LogP contribution >= 0.6 is 22.6 Å². The highest BCUT2D eigenvalue weighted by Gasteiger charge is 2.32. The molecule has 0 spiro atoms. The zero-order chi connectivity index (χ0) is 15.6. The summed E-state index contributed by atoms with van der Waals surface area (Å²) in [5.41, 5.74) is 2.28. The standard InChI is InChI=1S/C18H18INO2/c19-16-8-4-3-7-15(16)17(21)20-12-18(22)10-9-13-5-1-2-6-14(13)11-18/h1-8,22H,9-12H2,(H,20,21). The second-order valence-electron chi connectivity index (χ2n) is 5.83. The zero-order valence-corrected chi connectivity index (χ0v) is 14.3. The maximum Gasteiger partial charge on any atom is 0.252 e. The molecule has 114 valence electrons. The zero-order valence-electron chi connectivity index (χ0n) is 12.2. The van der Waals surface area contributed by atoms with Crippen LogP contribution in [0, 0.1) is 3.57 Å². The molecule has 3 rings (SSSR count). The SMILES string of the molecule is O=C(NCC1(O)CCc2ccccc2C1)c1ccccc1I. The van der Waals surface area contributed by atoms with E-state index in [1.165, 1.54) is 11.1 Å². The minimum Gasteiger partial charge on any atom is -0.388 e. The van der Waals surface area contributed by atoms with Crippen LogP contribution in [-0.2, 0) is 12.8 Å². The van der Waals surface area contributed by atoms with Crippen molar-refractivity contribution in [2.45, 2.75) is 24.9 Å². The fourth-order valence-electron chi connectivity index (χ4n) is 2.92. The van der Waals surface area contributed by atoms with Gasteiger partial charge < -0.3 is 10.4 Å². The van der Waals surface area contributed by atoms with E-state index >= 15 is 0 Å². The number of aliphatic hydroxyl groups is 1. The van der Waals surface area contributed by atoms with Crippen molar-refractivity contribution < 1.29 is 9.90 Å². The van der Waals surface area contributed by atoms with Gasteiger partial charge in [-0.3, -0.25) is 4.79 Å². The van der Waals surface area contributed by atoms with Gasteiger partial charge in [0.25, 0.3) is 5.91 Å². The summed E-state index contributed by atoms with van der Waals surface area (Å²) >= 11 is 2.15. The summed E-state index contributed by atoms with van der Waals surface area (Å²) < 4.78 is 0.915. The molecule has 4 heteroatoms. The number of amides is 1. The first-order chi connectivity index (χ1) is 10.6. The van der Waals surface area contributed by atoms with Crippen molar-refractivity contribution >= 4 is 28.5 Å². The van der Waals surface area contributed by atoms with Crippen LogP contribution in [0.2, 0.25) is 0 Å². The highest BCUT2D eigenvalue weighted by atomic mass is 127. The second kappa shape index (κ2) is 6.38. The van der Waals surface area contributed by atoms with Crippen molar-refractivity contribution in [2.75, 3.05) is 6.54 Å². The van der Waals surface area contributed by atoms with Crippen LogP contribution in [0.25, 0.3) is 0 Å². The van der Waals surface area contributed by atoms with Gasteiger partial charge in [-0.1, -0.05) is 36.4 Å². The molecular weight excluding hydrogens is 389 g/mol. The Morgan fingerprint density at radius 2 is 1.82 bits per heavy atom. The molecule has 22 heavy (non-hydrogen) atoms. The Hall–Kier alpha value is -1.40. The lowest BCUT2D eigenvalue weighted by Crippen LogP contribution is -2.46. The molecule has 2 aromatic rings. The van der Waals surface area contributed by atoms with E-state index in [9.17, 15) is 9.90 Å². The van der Waals surface area contributed by atoms with Crippen LogP contribution in [0.15, 0.2) is 48.5 Å². The predicted molar refractivity (Wildman–Crippen MR) is 94.9 cm³/mol. The normalized spacial score (nSPS) is 20.3. The van der Waals surface area contributed by atoms with Crippen molar-refractivity contribution in [3.63, 3.8) is 0 Å². The predicted octanol–water partition coefficient (Wildman–Crippen LogP) is 2.94. The van der Waals surface area contributed by atoms with E-state index in [1.54, 1.807) is 6.07 Å². The summed E-state index contributed by atoms with van der Waals surface area (Å²) in [5.74, 6) is -0.128. The molecule has 3 nitrogen and oxygen atoms in total. The molecule has 0 radical (unpaired) electrons. The molecule has 0 aromatic heterocycles. The molecule has 0 saturated carbocycles. The number of halogens is 1. The fourth-order valence-corrected chi connectivity index (χ4v) is 3.55. The van der Waals surface area contributed by atoms with Crippen molar-refractivity contribution in [1.29, 1.82) is 0 Å². The van der Waals surface area contributed by atoms with Crippen molar-refractivity contribution in [1.82, 2.24) is 5.32 Å². The number of fused-ring (bicyclic) bond motifs is 1. The monoisotopic (exact) mass is 407 g/mol. The largest absolute Gasteiger partial charge is 0.388 e. The number of hydrogen-bond donors (Lipinski definition) is 2. The Morgan fingerprint density at radius 3 is 2.59 bits per heavy atom. The summed E-state index contributed by atoms with van der Waals surface area (Å²) in [5, 5.41) is 13.7. The van der Waals surface area contributed by atoms with E-state index in [4.69, 9.17) is 0 Å². The average Bonchev–Trinajstić information content (AvgIpc) is 2.53. The number of nitrogens with one attached hydrogen (secondary N) is 1. The average molecular weight is 407 g/mol.